The van der Waals surface area contributed by atoms with Gasteiger partial charge in [0.15, 0.2) is 0 Å². The van der Waals surface area contributed by atoms with Crippen LogP contribution in [-0.4, -0.2) is 4.33 Å². The molecular weight excluding hydrogens is 143 g/mol. The van der Waals surface area contributed by atoms with Crippen LogP contribution in [0.15, 0.2) is 0 Å². The largest absolute Gasteiger partial charge is 0.118 e. The highest BCUT2D eigenvalue weighted by Gasteiger charge is 2.23. The van der Waals surface area contributed by atoms with Crippen molar-refractivity contribution >= 4 is 23.2 Å². The summed E-state index contributed by atoms with van der Waals surface area (Å²) in [5.74, 6) is 0.380. The molecule has 0 aromatic carbocycles. The van der Waals surface area contributed by atoms with Crippen LogP contribution in [0.4, 0.5) is 0 Å². The number of alkyl halides is 2. The highest BCUT2D eigenvalue weighted by atomic mass is 35.5. The first-order valence-corrected chi connectivity index (χ1v) is 3.62. The van der Waals surface area contributed by atoms with Gasteiger partial charge in [0, 0.05) is 0 Å². The highest BCUT2D eigenvalue weighted by Crippen LogP contribution is 2.30. The number of hydrogen-bond acceptors (Lipinski definition) is 0. The Labute approximate surface area is 61.2 Å². The minimum atomic E-state index is -0.547. The molecule has 1 atom stereocenters. The molecule has 50 valence electrons. The van der Waals surface area contributed by atoms with Crippen LogP contribution < -0.4 is 0 Å². The Balaban J connectivity index is 3.62. The van der Waals surface area contributed by atoms with E-state index < -0.39 is 4.33 Å². The van der Waals surface area contributed by atoms with Crippen molar-refractivity contribution in [1.82, 2.24) is 0 Å². The van der Waals surface area contributed by atoms with E-state index in [1.54, 1.807) is 0 Å². The van der Waals surface area contributed by atoms with Crippen molar-refractivity contribution in [2.45, 2.75) is 31.5 Å². The molecule has 0 radical (unpaired) electrons. The van der Waals surface area contributed by atoms with Crippen LogP contribution in [0.3, 0.4) is 0 Å². The molecule has 0 aromatic rings. The molecule has 0 bridgehead atoms. The molecule has 0 heterocycles. The lowest BCUT2D eigenvalue weighted by molar-refractivity contribution is 0.514. The first-order chi connectivity index (χ1) is 3.48. The van der Waals surface area contributed by atoms with Crippen molar-refractivity contribution in [1.29, 1.82) is 0 Å². The Morgan fingerprint density at radius 2 is 1.88 bits per heavy atom. The molecule has 0 N–H and O–H groups in total. The van der Waals surface area contributed by atoms with Gasteiger partial charge in [0.25, 0.3) is 0 Å². The first kappa shape index (κ1) is 8.58. The van der Waals surface area contributed by atoms with Gasteiger partial charge in [-0.2, -0.15) is 0 Å². The van der Waals surface area contributed by atoms with Crippen molar-refractivity contribution in [3.8, 4) is 0 Å². The summed E-state index contributed by atoms with van der Waals surface area (Å²) in [6, 6.07) is 0. The molecule has 0 aromatic heterocycles. The highest BCUT2D eigenvalue weighted by molar-refractivity contribution is 6.48. The molecule has 0 aliphatic heterocycles. The summed E-state index contributed by atoms with van der Waals surface area (Å²) in [5, 5.41) is 0. The summed E-state index contributed by atoms with van der Waals surface area (Å²) < 4.78 is -0.547. The van der Waals surface area contributed by atoms with E-state index in [0.29, 0.717) is 5.92 Å². The van der Waals surface area contributed by atoms with Gasteiger partial charge in [-0.15, -0.1) is 23.2 Å². The number of rotatable bonds is 2. The molecule has 0 nitrogen and oxygen atoms in total. The zero-order chi connectivity index (χ0) is 6.78. The Morgan fingerprint density at radius 3 is 1.88 bits per heavy atom. The maximum absolute atomic E-state index is 5.75. The molecule has 0 saturated carbocycles. The van der Waals surface area contributed by atoms with E-state index in [2.05, 4.69) is 6.92 Å². The average Bonchev–Trinajstić information content (AvgIpc) is 1.62. The fourth-order valence-corrected chi connectivity index (χ4v) is 0.667. The molecule has 2 heteroatoms. The van der Waals surface area contributed by atoms with Crippen molar-refractivity contribution in [3.63, 3.8) is 0 Å². The second kappa shape index (κ2) is 2.93. The zero-order valence-corrected chi connectivity index (χ0v) is 7.05. The van der Waals surface area contributed by atoms with E-state index in [1.165, 1.54) is 0 Å². The normalized spacial score (nSPS) is 16.1. The van der Waals surface area contributed by atoms with E-state index in [0.717, 1.165) is 6.42 Å². The molecule has 0 aliphatic rings. The summed E-state index contributed by atoms with van der Waals surface area (Å²) in [5.41, 5.74) is 0. The van der Waals surface area contributed by atoms with Gasteiger partial charge in [0.05, 0.1) is 0 Å². The fraction of sp³-hybridized carbons (Fsp3) is 1.00. The van der Waals surface area contributed by atoms with Gasteiger partial charge >= 0.3 is 0 Å². The van der Waals surface area contributed by atoms with Crippen LogP contribution in [0, 0.1) is 5.92 Å². The molecule has 0 amide bonds. The minimum absolute atomic E-state index is 0.380. The van der Waals surface area contributed by atoms with Gasteiger partial charge in [-0.1, -0.05) is 20.3 Å². The lowest BCUT2D eigenvalue weighted by atomic mass is 10.1. The summed E-state index contributed by atoms with van der Waals surface area (Å²) >= 11 is 11.5. The topological polar surface area (TPSA) is 0 Å². The molecule has 8 heavy (non-hydrogen) atoms. The fourth-order valence-electron chi connectivity index (χ4n) is 0.358. The summed E-state index contributed by atoms with van der Waals surface area (Å²) in [7, 11) is 0. The van der Waals surface area contributed by atoms with Crippen LogP contribution >= 0.6 is 23.2 Å². The number of hydrogen-bond donors (Lipinski definition) is 0. The lowest BCUT2D eigenvalue weighted by Crippen LogP contribution is -2.17. The van der Waals surface area contributed by atoms with Gasteiger partial charge in [0.1, 0.15) is 4.33 Å². The summed E-state index contributed by atoms with van der Waals surface area (Å²) in [6.45, 7) is 5.94. The van der Waals surface area contributed by atoms with Crippen LogP contribution in [0.25, 0.3) is 0 Å². The van der Waals surface area contributed by atoms with E-state index in [9.17, 15) is 0 Å². The smallest absolute Gasteiger partial charge is 0.102 e. The first-order valence-electron chi connectivity index (χ1n) is 2.86. The van der Waals surface area contributed by atoms with E-state index in [-0.39, 0.29) is 0 Å². The summed E-state index contributed by atoms with van der Waals surface area (Å²) in [6.07, 6.45) is 1.03. The van der Waals surface area contributed by atoms with E-state index in [4.69, 9.17) is 23.2 Å². The van der Waals surface area contributed by atoms with Crippen molar-refractivity contribution in [2.24, 2.45) is 5.92 Å². The van der Waals surface area contributed by atoms with Gasteiger partial charge in [-0.05, 0) is 12.8 Å². The Kier molecular flexibility index (Phi) is 3.14. The Bertz CT molecular complexity index is 63.4. The third kappa shape index (κ3) is 2.78. The predicted octanol–water partition coefficient (Wildman–Crippen LogP) is 3.23. The summed E-state index contributed by atoms with van der Waals surface area (Å²) in [4.78, 5) is 0. The molecule has 0 rings (SSSR count). The zero-order valence-electron chi connectivity index (χ0n) is 5.54. The molecule has 0 aliphatic carbocycles. The van der Waals surface area contributed by atoms with Gasteiger partial charge in [-0.3, -0.25) is 0 Å². The second-order valence-electron chi connectivity index (χ2n) is 2.27. The Morgan fingerprint density at radius 1 is 1.50 bits per heavy atom. The van der Waals surface area contributed by atoms with E-state index in [1.807, 2.05) is 13.8 Å². The van der Waals surface area contributed by atoms with Crippen molar-refractivity contribution < 1.29 is 0 Å². The van der Waals surface area contributed by atoms with Gasteiger partial charge < -0.3 is 0 Å². The standard InChI is InChI=1S/C6H12Cl2/c1-4-5(2)6(3,7)8/h5H,4H2,1-3H3. The minimum Gasteiger partial charge on any atom is -0.102 e. The van der Waals surface area contributed by atoms with E-state index >= 15 is 0 Å². The van der Waals surface area contributed by atoms with Gasteiger partial charge in [0.2, 0.25) is 0 Å². The Hall–Kier alpha value is 0.580. The molecule has 0 saturated heterocycles. The maximum atomic E-state index is 5.75. The van der Waals surface area contributed by atoms with Crippen LogP contribution in [0.5, 0.6) is 0 Å². The molecule has 1 unspecified atom stereocenters. The third-order valence-electron chi connectivity index (χ3n) is 1.48. The molecule has 0 spiro atoms. The lowest BCUT2D eigenvalue weighted by Gasteiger charge is -2.19. The third-order valence-corrected chi connectivity index (χ3v) is 2.22. The SMILES string of the molecule is CCC(C)C(C)(Cl)Cl. The van der Waals surface area contributed by atoms with Crippen molar-refractivity contribution in [3.05, 3.63) is 0 Å². The predicted molar refractivity (Wildman–Crippen MR) is 39.6 cm³/mol. The number of halogens is 2. The molecule has 0 fully saturated rings. The van der Waals surface area contributed by atoms with Crippen LogP contribution in [0.2, 0.25) is 0 Å². The van der Waals surface area contributed by atoms with Crippen LogP contribution in [-0.2, 0) is 0 Å². The monoisotopic (exact) mass is 154 g/mol. The quantitative estimate of drug-likeness (QED) is 0.537. The molecular formula is C6H12Cl2. The maximum Gasteiger partial charge on any atom is 0.118 e. The van der Waals surface area contributed by atoms with Crippen LogP contribution in [0.1, 0.15) is 27.2 Å². The van der Waals surface area contributed by atoms with Crippen molar-refractivity contribution in [2.75, 3.05) is 0 Å². The van der Waals surface area contributed by atoms with Gasteiger partial charge in [-0.25, -0.2) is 0 Å². The second-order valence-corrected chi connectivity index (χ2v) is 4.03. The average molecular weight is 155 g/mol.